The second-order valence-electron chi connectivity index (χ2n) is 6.01. The van der Waals surface area contributed by atoms with E-state index in [1.165, 1.54) is 6.07 Å². The normalized spacial score (nSPS) is 18.5. The number of para-hydroxylation sites is 1. The minimum Gasteiger partial charge on any atom is -0.320 e. The summed E-state index contributed by atoms with van der Waals surface area (Å²) >= 11 is 0. The highest BCUT2D eigenvalue weighted by Crippen LogP contribution is 2.30. The molecule has 2 aromatic rings. The van der Waals surface area contributed by atoms with Gasteiger partial charge in [0.05, 0.1) is 18.3 Å². The minimum atomic E-state index is -0.773. The van der Waals surface area contributed by atoms with Gasteiger partial charge in [0, 0.05) is 13.2 Å². The largest absolute Gasteiger partial charge is 0.320 e. The van der Waals surface area contributed by atoms with Crippen LogP contribution in [0.3, 0.4) is 0 Å². The van der Waals surface area contributed by atoms with Gasteiger partial charge in [-0.1, -0.05) is 12.5 Å². The van der Waals surface area contributed by atoms with Crippen LogP contribution >= 0.6 is 0 Å². The molecular formula is C17H20F2N4O. The molecule has 7 heteroatoms. The third kappa shape index (κ3) is 3.46. The second-order valence-corrected chi connectivity index (χ2v) is 6.01. The zero-order valence-corrected chi connectivity index (χ0v) is 13.5. The Bertz CT molecular complexity index is 711. The number of likely N-dealkylation sites (tertiary alicyclic amines) is 1. The third-order valence-electron chi connectivity index (χ3n) is 4.39. The van der Waals surface area contributed by atoms with Gasteiger partial charge < -0.3 is 5.32 Å². The first-order chi connectivity index (χ1) is 11.6. The Kier molecular flexibility index (Phi) is 4.89. The Balaban J connectivity index is 1.71. The summed E-state index contributed by atoms with van der Waals surface area (Å²) in [5.74, 6) is -1.97. The van der Waals surface area contributed by atoms with Crippen LogP contribution in [0.5, 0.6) is 0 Å². The lowest BCUT2D eigenvalue weighted by atomic mass is 9.99. The summed E-state index contributed by atoms with van der Waals surface area (Å²) in [6.45, 7) is 0.854. The number of anilines is 1. The number of halogens is 2. The van der Waals surface area contributed by atoms with Crippen LogP contribution in [0.4, 0.5) is 14.5 Å². The second kappa shape index (κ2) is 7.09. The van der Waals surface area contributed by atoms with Crippen molar-refractivity contribution in [2.24, 2.45) is 7.05 Å². The van der Waals surface area contributed by atoms with Gasteiger partial charge in [-0.2, -0.15) is 5.10 Å². The summed E-state index contributed by atoms with van der Waals surface area (Å²) in [5.41, 5.74) is 0.649. The van der Waals surface area contributed by atoms with Crippen LogP contribution in [0.1, 0.15) is 31.0 Å². The molecule has 1 aliphatic heterocycles. The average molecular weight is 334 g/mol. The number of rotatable bonds is 4. The van der Waals surface area contributed by atoms with E-state index < -0.39 is 23.2 Å². The van der Waals surface area contributed by atoms with Crippen LogP contribution in [0.2, 0.25) is 0 Å². The number of nitrogens with one attached hydrogen (secondary N) is 1. The number of aryl methyl sites for hydroxylation is 1. The van der Waals surface area contributed by atoms with E-state index in [-0.39, 0.29) is 12.6 Å². The molecular weight excluding hydrogens is 314 g/mol. The summed E-state index contributed by atoms with van der Waals surface area (Å²) in [7, 11) is 1.87. The average Bonchev–Trinajstić information content (AvgIpc) is 2.98. The van der Waals surface area contributed by atoms with E-state index in [0.29, 0.717) is 0 Å². The van der Waals surface area contributed by atoms with Crippen molar-refractivity contribution in [1.29, 1.82) is 0 Å². The molecule has 1 atom stereocenters. The van der Waals surface area contributed by atoms with E-state index in [0.717, 1.165) is 43.6 Å². The number of amides is 1. The Labute approximate surface area is 139 Å². The van der Waals surface area contributed by atoms with E-state index in [4.69, 9.17) is 0 Å². The van der Waals surface area contributed by atoms with Crippen molar-refractivity contribution in [3.05, 3.63) is 47.8 Å². The van der Waals surface area contributed by atoms with Crippen LogP contribution in [-0.2, 0) is 11.8 Å². The maximum Gasteiger partial charge on any atom is 0.238 e. The van der Waals surface area contributed by atoms with Crippen LogP contribution < -0.4 is 5.32 Å². The molecule has 128 valence electrons. The van der Waals surface area contributed by atoms with Crippen molar-refractivity contribution in [2.75, 3.05) is 18.4 Å². The molecule has 5 nitrogen and oxygen atoms in total. The van der Waals surface area contributed by atoms with Gasteiger partial charge in [-0.3, -0.25) is 14.4 Å². The maximum atomic E-state index is 13.7. The molecule has 0 saturated carbocycles. The molecule has 1 aromatic heterocycles. The molecule has 0 bridgehead atoms. The molecule has 1 aliphatic rings. The Morgan fingerprint density at radius 1 is 1.29 bits per heavy atom. The van der Waals surface area contributed by atoms with Gasteiger partial charge in [0.2, 0.25) is 5.91 Å². The lowest BCUT2D eigenvalue weighted by Crippen LogP contribution is -2.40. The van der Waals surface area contributed by atoms with Crippen molar-refractivity contribution in [1.82, 2.24) is 14.7 Å². The molecule has 1 fully saturated rings. The molecule has 0 spiro atoms. The predicted octanol–water partition coefficient (Wildman–Crippen LogP) is 2.86. The zero-order chi connectivity index (χ0) is 17.1. The predicted molar refractivity (Wildman–Crippen MR) is 86.4 cm³/mol. The van der Waals surface area contributed by atoms with E-state index in [2.05, 4.69) is 10.4 Å². The quantitative estimate of drug-likeness (QED) is 0.935. The van der Waals surface area contributed by atoms with Gasteiger partial charge in [0.15, 0.2) is 0 Å². The Hall–Kier alpha value is -2.28. The molecule has 1 saturated heterocycles. The van der Waals surface area contributed by atoms with Crippen LogP contribution in [0.25, 0.3) is 0 Å². The fourth-order valence-electron chi connectivity index (χ4n) is 3.21. The van der Waals surface area contributed by atoms with Gasteiger partial charge in [-0.05, 0) is 37.6 Å². The van der Waals surface area contributed by atoms with Crippen molar-refractivity contribution in [3.8, 4) is 0 Å². The van der Waals surface area contributed by atoms with E-state index in [1.807, 2.05) is 18.0 Å². The highest BCUT2D eigenvalue weighted by molar-refractivity contribution is 5.92. The van der Waals surface area contributed by atoms with Gasteiger partial charge in [-0.15, -0.1) is 0 Å². The summed E-state index contributed by atoms with van der Waals surface area (Å²) in [6.07, 6.45) is 4.74. The minimum absolute atomic E-state index is 0.0856. The van der Waals surface area contributed by atoms with Crippen LogP contribution in [0, 0.1) is 11.6 Å². The number of nitrogens with zero attached hydrogens (tertiary/aromatic N) is 3. The van der Waals surface area contributed by atoms with Crippen LogP contribution in [0.15, 0.2) is 30.5 Å². The van der Waals surface area contributed by atoms with Crippen molar-refractivity contribution in [3.63, 3.8) is 0 Å². The zero-order valence-electron chi connectivity index (χ0n) is 13.5. The molecule has 24 heavy (non-hydrogen) atoms. The number of carbonyl (C=O) groups is 1. The van der Waals surface area contributed by atoms with Gasteiger partial charge in [0.25, 0.3) is 0 Å². The first kappa shape index (κ1) is 16.6. The molecule has 0 aliphatic carbocycles. The lowest BCUT2D eigenvalue weighted by Gasteiger charge is -2.35. The van der Waals surface area contributed by atoms with E-state index in [1.54, 1.807) is 10.9 Å². The summed E-state index contributed by atoms with van der Waals surface area (Å²) in [5, 5.41) is 6.54. The molecule has 2 heterocycles. The van der Waals surface area contributed by atoms with E-state index >= 15 is 0 Å². The van der Waals surface area contributed by atoms with E-state index in [9.17, 15) is 13.6 Å². The number of hydrogen-bond donors (Lipinski definition) is 1. The molecule has 1 N–H and O–H groups in total. The number of benzene rings is 1. The maximum absolute atomic E-state index is 13.7. The summed E-state index contributed by atoms with van der Waals surface area (Å²) < 4.78 is 29.1. The topological polar surface area (TPSA) is 50.2 Å². The number of piperidine rings is 1. The first-order valence-electron chi connectivity index (χ1n) is 8.02. The van der Waals surface area contributed by atoms with Gasteiger partial charge in [0.1, 0.15) is 17.3 Å². The fraction of sp³-hybridized carbons (Fsp3) is 0.412. The number of carbonyl (C=O) groups excluding carboxylic acids is 1. The fourth-order valence-corrected chi connectivity index (χ4v) is 3.21. The molecule has 0 radical (unpaired) electrons. The highest BCUT2D eigenvalue weighted by atomic mass is 19.1. The summed E-state index contributed by atoms with van der Waals surface area (Å²) in [4.78, 5) is 14.3. The smallest absolute Gasteiger partial charge is 0.238 e. The molecule has 3 rings (SSSR count). The van der Waals surface area contributed by atoms with Crippen molar-refractivity contribution >= 4 is 11.6 Å². The Morgan fingerprint density at radius 3 is 2.71 bits per heavy atom. The van der Waals surface area contributed by atoms with Crippen molar-refractivity contribution < 1.29 is 13.6 Å². The standard InChI is InChI=1S/C17H20F2N4O/c1-22-14(8-9-20-22)15-7-2-3-10-23(15)11-16(24)21-17-12(18)5-4-6-13(17)19/h4-6,8-9,15H,2-3,7,10-11H2,1H3,(H,21,24)/t15-/m0/s1. The first-order valence-corrected chi connectivity index (χ1v) is 8.02. The highest BCUT2D eigenvalue weighted by Gasteiger charge is 2.28. The van der Waals surface area contributed by atoms with Gasteiger partial charge >= 0.3 is 0 Å². The van der Waals surface area contributed by atoms with Gasteiger partial charge in [-0.25, -0.2) is 8.78 Å². The summed E-state index contributed by atoms with van der Waals surface area (Å²) in [6, 6.07) is 5.54. The lowest BCUT2D eigenvalue weighted by molar-refractivity contribution is -0.118. The molecule has 1 amide bonds. The van der Waals surface area contributed by atoms with Crippen molar-refractivity contribution in [2.45, 2.75) is 25.3 Å². The van der Waals surface area contributed by atoms with Crippen LogP contribution in [-0.4, -0.2) is 33.7 Å². The Morgan fingerprint density at radius 2 is 2.04 bits per heavy atom. The monoisotopic (exact) mass is 334 g/mol. The SMILES string of the molecule is Cn1nccc1[C@@H]1CCCCN1CC(=O)Nc1c(F)cccc1F. The number of aromatic nitrogens is 2. The number of hydrogen-bond acceptors (Lipinski definition) is 3. The molecule has 1 aromatic carbocycles. The molecule has 0 unspecified atom stereocenters. The third-order valence-corrected chi connectivity index (χ3v) is 4.39.